The molecule has 1 aromatic rings. The van der Waals surface area contributed by atoms with Gasteiger partial charge in [-0.2, -0.15) is 0 Å². The molecule has 0 saturated carbocycles. The molecule has 0 spiro atoms. The van der Waals surface area contributed by atoms with Crippen molar-refractivity contribution in [3.8, 4) is 0 Å². The number of rotatable bonds is 20. The van der Waals surface area contributed by atoms with Gasteiger partial charge in [0.25, 0.3) is 0 Å². The third-order valence-electron chi connectivity index (χ3n) is 10.6. The summed E-state index contributed by atoms with van der Waals surface area (Å²) in [5.74, 6) is -2.10. The van der Waals surface area contributed by atoms with E-state index in [4.69, 9.17) is 9.47 Å². The van der Waals surface area contributed by atoms with E-state index in [1.54, 1.807) is 56.8 Å². The summed E-state index contributed by atoms with van der Waals surface area (Å²) in [6.45, 7) is 11.4. The van der Waals surface area contributed by atoms with Crippen LogP contribution in [0.5, 0.6) is 0 Å². The molecule has 2 rings (SSSR count). The van der Waals surface area contributed by atoms with E-state index in [2.05, 4.69) is 10.6 Å². The molecule has 1 fully saturated rings. The Labute approximate surface area is 305 Å². The van der Waals surface area contributed by atoms with Crippen molar-refractivity contribution in [2.75, 3.05) is 48.5 Å². The molecule has 51 heavy (non-hydrogen) atoms. The van der Waals surface area contributed by atoms with Crippen LogP contribution >= 0.6 is 0 Å². The average Bonchev–Trinajstić information content (AvgIpc) is 3.59. The SMILES string of the molecule is CC[C@H](C)[C@@H]([C@@H](CC(=O)N1CCC[C@H]1[C@H](OC)[C@@H](C)C(=O)N[C@H](C)[C@@H](O)c1ccccc1)OC)N(C)C(=O)[C@@H](NC(=O)[C@@H](CO)N(C)C)C(C)C. The first-order valence-corrected chi connectivity index (χ1v) is 18.3. The third kappa shape index (κ3) is 11.4. The van der Waals surface area contributed by atoms with Gasteiger partial charge in [-0.3, -0.25) is 24.1 Å². The van der Waals surface area contributed by atoms with Crippen LogP contribution in [-0.2, 0) is 28.7 Å². The Morgan fingerprint density at radius 2 is 1.59 bits per heavy atom. The summed E-state index contributed by atoms with van der Waals surface area (Å²) in [6.07, 6.45) is -0.00553. The van der Waals surface area contributed by atoms with E-state index >= 15 is 0 Å². The van der Waals surface area contributed by atoms with Crippen molar-refractivity contribution >= 4 is 23.6 Å². The highest BCUT2D eigenvalue weighted by Crippen LogP contribution is 2.30. The Balaban J connectivity index is 2.24. The Bertz CT molecular complexity index is 1250. The van der Waals surface area contributed by atoms with E-state index in [0.717, 1.165) is 6.42 Å². The lowest BCUT2D eigenvalue weighted by Gasteiger charge is -2.41. The number of likely N-dealkylation sites (N-methyl/N-ethyl adjacent to an activating group) is 2. The Morgan fingerprint density at radius 3 is 2.10 bits per heavy atom. The van der Waals surface area contributed by atoms with Crippen LogP contribution in [0.15, 0.2) is 30.3 Å². The van der Waals surface area contributed by atoms with E-state index < -0.39 is 60.9 Å². The van der Waals surface area contributed by atoms with Gasteiger partial charge in [-0.05, 0) is 51.3 Å². The van der Waals surface area contributed by atoms with Crippen molar-refractivity contribution in [1.29, 1.82) is 0 Å². The van der Waals surface area contributed by atoms with Gasteiger partial charge in [-0.15, -0.1) is 0 Å². The maximum Gasteiger partial charge on any atom is 0.245 e. The van der Waals surface area contributed by atoms with Crippen LogP contribution in [0.25, 0.3) is 0 Å². The first-order valence-electron chi connectivity index (χ1n) is 18.3. The molecule has 13 heteroatoms. The number of aliphatic hydroxyl groups is 2. The van der Waals surface area contributed by atoms with Gasteiger partial charge in [0.1, 0.15) is 12.1 Å². The average molecular weight is 720 g/mol. The molecule has 0 radical (unpaired) electrons. The minimum absolute atomic E-state index is 0.00284. The quantitative estimate of drug-likeness (QED) is 0.159. The van der Waals surface area contributed by atoms with Crippen LogP contribution in [0.2, 0.25) is 0 Å². The minimum Gasteiger partial charge on any atom is -0.394 e. The number of nitrogens with one attached hydrogen (secondary N) is 2. The largest absolute Gasteiger partial charge is 0.394 e. The zero-order valence-corrected chi connectivity index (χ0v) is 32.7. The summed E-state index contributed by atoms with van der Waals surface area (Å²) in [5, 5.41) is 26.4. The normalized spacial score (nSPS) is 20.1. The number of benzene rings is 1. The maximum absolute atomic E-state index is 14.1. The number of ether oxygens (including phenoxy) is 2. The Hall–Kier alpha value is -3.10. The number of likely N-dealkylation sites (tertiary alicyclic amines) is 1. The summed E-state index contributed by atoms with van der Waals surface area (Å²) in [7, 11) is 8.13. The standard InChI is InChI=1S/C38H65N5O8/c1-12-24(4)33(42(9)38(49)32(23(2)3)40-37(48)29(22-44)41(7)8)30(50-10)21-31(45)43-20-16-19-28(43)35(51-11)25(5)36(47)39-26(6)34(46)27-17-14-13-15-18-27/h13-15,17-18,23-26,28-30,32-35,44,46H,12,16,19-22H2,1-11H3,(H,39,47)(H,40,48)/t24-,25+,26+,28-,29+,30+,32-,33-,34+,35+/m0/s1. The summed E-state index contributed by atoms with van der Waals surface area (Å²) in [6, 6.07) is 6.10. The molecule has 0 unspecified atom stereocenters. The molecule has 0 bridgehead atoms. The molecule has 1 aliphatic rings. The zero-order chi connectivity index (χ0) is 38.6. The number of hydrogen-bond donors (Lipinski definition) is 4. The van der Waals surface area contributed by atoms with Gasteiger partial charge in [0.2, 0.25) is 23.6 Å². The molecule has 13 nitrogen and oxygen atoms in total. The number of methoxy groups -OCH3 is 2. The molecule has 10 atom stereocenters. The second-order valence-electron chi connectivity index (χ2n) is 14.6. The van der Waals surface area contributed by atoms with E-state index in [-0.39, 0.29) is 42.0 Å². The lowest BCUT2D eigenvalue weighted by Crippen LogP contribution is -2.59. The monoisotopic (exact) mass is 719 g/mol. The number of aliphatic hydroxyl groups excluding tert-OH is 2. The molecule has 0 aliphatic carbocycles. The number of carbonyl (C=O) groups is 4. The van der Waals surface area contributed by atoms with Gasteiger partial charge in [0.15, 0.2) is 0 Å². The van der Waals surface area contributed by atoms with Gasteiger partial charge in [0, 0.05) is 27.8 Å². The highest BCUT2D eigenvalue weighted by atomic mass is 16.5. The Morgan fingerprint density at radius 1 is 0.961 bits per heavy atom. The molecule has 4 N–H and O–H groups in total. The predicted molar refractivity (Wildman–Crippen MR) is 196 cm³/mol. The molecule has 1 heterocycles. The van der Waals surface area contributed by atoms with Crippen LogP contribution in [0.3, 0.4) is 0 Å². The minimum atomic E-state index is -0.884. The van der Waals surface area contributed by atoms with Crippen LogP contribution < -0.4 is 10.6 Å². The van der Waals surface area contributed by atoms with Crippen LogP contribution in [0.1, 0.15) is 78.9 Å². The number of hydrogen-bond acceptors (Lipinski definition) is 9. The van der Waals surface area contributed by atoms with Crippen molar-refractivity contribution in [3.63, 3.8) is 0 Å². The van der Waals surface area contributed by atoms with E-state index in [0.29, 0.717) is 24.9 Å². The van der Waals surface area contributed by atoms with Crippen LogP contribution in [0.4, 0.5) is 0 Å². The second kappa shape index (κ2) is 20.8. The first kappa shape index (κ1) is 44.1. The van der Waals surface area contributed by atoms with Gasteiger partial charge in [-0.25, -0.2) is 0 Å². The fourth-order valence-corrected chi connectivity index (χ4v) is 7.14. The van der Waals surface area contributed by atoms with Gasteiger partial charge in [-0.1, -0.05) is 71.4 Å². The van der Waals surface area contributed by atoms with Crippen molar-refractivity contribution in [1.82, 2.24) is 25.3 Å². The van der Waals surface area contributed by atoms with E-state index in [1.807, 2.05) is 58.0 Å². The van der Waals surface area contributed by atoms with E-state index in [1.165, 1.54) is 7.11 Å². The predicted octanol–water partition coefficient (Wildman–Crippen LogP) is 2.21. The van der Waals surface area contributed by atoms with Crippen LogP contribution in [0, 0.1) is 17.8 Å². The Kier molecular flexibility index (Phi) is 18.0. The molecule has 290 valence electrons. The summed E-state index contributed by atoms with van der Waals surface area (Å²) in [5.41, 5.74) is 0.702. The van der Waals surface area contributed by atoms with Crippen LogP contribution in [-0.4, -0.2) is 139 Å². The molecule has 1 saturated heterocycles. The van der Waals surface area contributed by atoms with Crippen molar-refractivity contribution in [2.45, 2.75) is 116 Å². The number of carbonyl (C=O) groups excluding carboxylic acids is 4. The maximum atomic E-state index is 14.1. The summed E-state index contributed by atoms with van der Waals surface area (Å²) >= 11 is 0. The van der Waals surface area contributed by atoms with Gasteiger partial charge in [0.05, 0.1) is 55.4 Å². The fraction of sp³-hybridized carbons (Fsp3) is 0.737. The topological polar surface area (TPSA) is 161 Å². The third-order valence-corrected chi connectivity index (χ3v) is 10.6. The molecular weight excluding hydrogens is 654 g/mol. The summed E-state index contributed by atoms with van der Waals surface area (Å²) in [4.78, 5) is 59.6. The molecular formula is C38H65N5O8. The molecule has 1 aromatic carbocycles. The molecule has 1 aliphatic heterocycles. The van der Waals surface area contributed by atoms with Crippen molar-refractivity contribution in [3.05, 3.63) is 35.9 Å². The molecule has 0 aromatic heterocycles. The fourth-order valence-electron chi connectivity index (χ4n) is 7.14. The van der Waals surface area contributed by atoms with Gasteiger partial charge < -0.3 is 40.1 Å². The van der Waals surface area contributed by atoms with E-state index in [9.17, 15) is 29.4 Å². The summed E-state index contributed by atoms with van der Waals surface area (Å²) < 4.78 is 11.9. The first-order chi connectivity index (χ1) is 24.0. The lowest BCUT2D eigenvalue weighted by molar-refractivity contribution is -0.148. The van der Waals surface area contributed by atoms with Gasteiger partial charge >= 0.3 is 0 Å². The lowest BCUT2D eigenvalue weighted by atomic mass is 9.89. The highest BCUT2D eigenvalue weighted by molar-refractivity contribution is 5.90. The molecule has 4 amide bonds. The smallest absolute Gasteiger partial charge is 0.245 e. The number of amides is 4. The number of nitrogens with zero attached hydrogens (tertiary/aromatic N) is 3. The van der Waals surface area contributed by atoms with Crippen molar-refractivity contribution < 1.29 is 38.9 Å². The second-order valence-corrected chi connectivity index (χ2v) is 14.6. The highest BCUT2D eigenvalue weighted by Gasteiger charge is 2.43. The van der Waals surface area contributed by atoms with Crippen molar-refractivity contribution in [2.24, 2.45) is 17.8 Å². The zero-order valence-electron chi connectivity index (χ0n) is 32.7.